The van der Waals surface area contributed by atoms with Crippen LogP contribution in [-0.2, 0) is 16.0 Å². The Morgan fingerprint density at radius 1 is 1.50 bits per heavy atom. The number of carboxylic acids is 1. The Kier molecular flexibility index (Phi) is 2.48. The number of carbonyl (C=O) groups is 2. The lowest BCUT2D eigenvalue weighted by molar-refractivity contribution is -0.131. The number of hydrogen-bond donors (Lipinski definition) is 2. The average molecular weight is 217 g/mol. The van der Waals surface area contributed by atoms with Gasteiger partial charge in [0.2, 0.25) is 0 Å². The molecule has 0 bridgehead atoms. The van der Waals surface area contributed by atoms with E-state index in [2.05, 4.69) is 5.32 Å². The van der Waals surface area contributed by atoms with Crippen molar-refractivity contribution in [1.82, 2.24) is 0 Å². The minimum absolute atomic E-state index is 0.220. The highest BCUT2D eigenvalue weighted by Crippen LogP contribution is 2.32. The lowest BCUT2D eigenvalue weighted by Crippen LogP contribution is -2.05. The molecule has 16 heavy (non-hydrogen) atoms. The summed E-state index contributed by atoms with van der Waals surface area (Å²) >= 11 is 0. The molecule has 0 atom stereocenters. The molecule has 1 aromatic carbocycles. The molecule has 4 nitrogen and oxygen atoms in total. The molecule has 0 saturated heterocycles. The van der Waals surface area contributed by atoms with Crippen LogP contribution in [0.5, 0.6) is 0 Å². The lowest BCUT2D eigenvalue weighted by Gasteiger charge is -2.01. The smallest absolute Gasteiger partial charge is 0.329 e. The molecule has 0 aliphatic carbocycles. The van der Waals surface area contributed by atoms with Crippen LogP contribution in [0.25, 0.3) is 5.57 Å². The van der Waals surface area contributed by atoms with E-state index >= 15 is 0 Å². The minimum atomic E-state index is -1.11. The van der Waals surface area contributed by atoms with Crippen LogP contribution in [0.15, 0.2) is 24.3 Å². The summed E-state index contributed by atoms with van der Waals surface area (Å²) in [5.74, 6) is -1.47. The van der Waals surface area contributed by atoms with E-state index in [0.717, 1.165) is 18.1 Å². The van der Waals surface area contributed by atoms with Gasteiger partial charge in [-0.2, -0.15) is 0 Å². The van der Waals surface area contributed by atoms with Crippen molar-refractivity contribution in [2.75, 3.05) is 5.32 Å². The summed E-state index contributed by atoms with van der Waals surface area (Å²) in [6.45, 7) is 2.01. The van der Waals surface area contributed by atoms with Gasteiger partial charge in [-0.05, 0) is 24.1 Å². The van der Waals surface area contributed by atoms with E-state index in [1.165, 1.54) is 0 Å². The first kappa shape index (κ1) is 10.4. The SMILES string of the molecule is CCc1ccc2c(c1)/C(=C/C(=O)O)C(=O)N2. The molecule has 1 amide bonds. The molecule has 0 unspecified atom stereocenters. The summed E-state index contributed by atoms with van der Waals surface area (Å²) in [7, 11) is 0. The van der Waals surface area contributed by atoms with Gasteiger partial charge >= 0.3 is 5.97 Å². The molecule has 2 rings (SSSR count). The van der Waals surface area contributed by atoms with Gasteiger partial charge in [-0.1, -0.05) is 13.0 Å². The molecule has 2 N–H and O–H groups in total. The van der Waals surface area contributed by atoms with Crippen molar-refractivity contribution in [2.24, 2.45) is 0 Å². The number of benzene rings is 1. The number of amides is 1. The van der Waals surface area contributed by atoms with Crippen LogP contribution < -0.4 is 5.32 Å². The van der Waals surface area contributed by atoms with Crippen LogP contribution in [0, 0.1) is 0 Å². The molecule has 0 spiro atoms. The average Bonchev–Trinajstić information content (AvgIpc) is 2.54. The van der Waals surface area contributed by atoms with E-state index < -0.39 is 5.97 Å². The molecule has 1 heterocycles. The third kappa shape index (κ3) is 1.69. The van der Waals surface area contributed by atoms with E-state index in [1.54, 1.807) is 6.07 Å². The molecule has 1 aliphatic rings. The Morgan fingerprint density at radius 3 is 2.88 bits per heavy atom. The summed E-state index contributed by atoms with van der Waals surface area (Å²) in [6.07, 6.45) is 1.79. The second-order valence-electron chi connectivity index (χ2n) is 3.58. The topological polar surface area (TPSA) is 66.4 Å². The number of fused-ring (bicyclic) bond motifs is 1. The number of anilines is 1. The Bertz CT molecular complexity index is 503. The Balaban J connectivity index is 2.54. The normalized spacial score (nSPS) is 16.1. The maximum atomic E-state index is 11.5. The van der Waals surface area contributed by atoms with Crippen LogP contribution in [0.1, 0.15) is 18.1 Å². The standard InChI is InChI=1S/C12H11NO3/c1-2-7-3-4-10-8(5-7)9(6-11(14)15)12(16)13-10/h3-6H,2H2,1H3,(H,13,16)(H,14,15)/b9-6-. The van der Waals surface area contributed by atoms with Crippen molar-refractivity contribution in [3.05, 3.63) is 35.4 Å². The Labute approximate surface area is 92.6 Å². The number of carbonyl (C=O) groups excluding carboxylic acids is 1. The lowest BCUT2D eigenvalue weighted by atomic mass is 10.0. The van der Waals surface area contributed by atoms with Crippen LogP contribution in [0.4, 0.5) is 5.69 Å². The van der Waals surface area contributed by atoms with Gasteiger partial charge in [-0.25, -0.2) is 4.79 Å². The zero-order valence-corrected chi connectivity index (χ0v) is 8.78. The number of carboxylic acid groups (broad SMARTS) is 1. The van der Waals surface area contributed by atoms with Gasteiger partial charge in [0.15, 0.2) is 0 Å². The van der Waals surface area contributed by atoms with E-state index in [0.29, 0.717) is 11.3 Å². The molecule has 0 radical (unpaired) electrons. The van der Waals surface area contributed by atoms with E-state index in [9.17, 15) is 9.59 Å². The number of nitrogens with one attached hydrogen (secondary N) is 1. The van der Waals surface area contributed by atoms with E-state index in [4.69, 9.17) is 5.11 Å². The molecule has 0 fully saturated rings. The number of rotatable bonds is 2. The maximum Gasteiger partial charge on any atom is 0.329 e. The highest BCUT2D eigenvalue weighted by molar-refractivity contribution is 6.33. The van der Waals surface area contributed by atoms with Gasteiger partial charge in [0, 0.05) is 17.3 Å². The van der Waals surface area contributed by atoms with E-state index in [-0.39, 0.29) is 11.5 Å². The fraction of sp³-hybridized carbons (Fsp3) is 0.167. The monoisotopic (exact) mass is 217 g/mol. The van der Waals surface area contributed by atoms with Crippen molar-refractivity contribution in [3.8, 4) is 0 Å². The first-order valence-electron chi connectivity index (χ1n) is 5.01. The first-order chi connectivity index (χ1) is 7.61. The zero-order valence-electron chi connectivity index (χ0n) is 8.78. The van der Waals surface area contributed by atoms with Crippen LogP contribution >= 0.6 is 0 Å². The molecule has 1 aliphatic heterocycles. The zero-order chi connectivity index (χ0) is 11.7. The van der Waals surface area contributed by atoms with E-state index in [1.807, 2.05) is 19.1 Å². The third-order valence-electron chi connectivity index (χ3n) is 2.54. The highest BCUT2D eigenvalue weighted by Gasteiger charge is 2.24. The fourth-order valence-electron chi connectivity index (χ4n) is 1.72. The number of hydrogen-bond acceptors (Lipinski definition) is 2. The molecule has 0 saturated carbocycles. The fourth-order valence-corrected chi connectivity index (χ4v) is 1.72. The van der Waals surface area contributed by atoms with Gasteiger partial charge < -0.3 is 10.4 Å². The van der Waals surface area contributed by atoms with Crippen molar-refractivity contribution >= 4 is 23.1 Å². The van der Waals surface area contributed by atoms with Crippen LogP contribution in [-0.4, -0.2) is 17.0 Å². The quantitative estimate of drug-likeness (QED) is 0.740. The molecular weight excluding hydrogens is 206 g/mol. The molecule has 0 aromatic heterocycles. The summed E-state index contributed by atoms with van der Waals surface area (Å²) in [4.78, 5) is 22.1. The molecule has 4 heteroatoms. The number of aryl methyl sites for hydroxylation is 1. The summed E-state index contributed by atoms with van der Waals surface area (Å²) in [5, 5.41) is 11.3. The molecular formula is C12H11NO3. The van der Waals surface area contributed by atoms with Crippen LogP contribution in [0.2, 0.25) is 0 Å². The van der Waals surface area contributed by atoms with Crippen molar-refractivity contribution < 1.29 is 14.7 Å². The molecule has 82 valence electrons. The van der Waals surface area contributed by atoms with Crippen molar-refractivity contribution in [3.63, 3.8) is 0 Å². The van der Waals surface area contributed by atoms with Gasteiger partial charge in [0.05, 0.1) is 5.57 Å². The highest BCUT2D eigenvalue weighted by atomic mass is 16.4. The predicted octanol–water partition coefficient (Wildman–Crippen LogP) is 1.67. The number of aliphatic carboxylic acids is 1. The second-order valence-corrected chi connectivity index (χ2v) is 3.58. The van der Waals surface area contributed by atoms with Crippen molar-refractivity contribution in [1.29, 1.82) is 0 Å². The molecule has 1 aromatic rings. The Hall–Kier alpha value is -2.10. The van der Waals surface area contributed by atoms with Gasteiger partial charge in [0.1, 0.15) is 0 Å². The minimum Gasteiger partial charge on any atom is -0.478 e. The third-order valence-corrected chi connectivity index (χ3v) is 2.54. The summed E-state index contributed by atoms with van der Waals surface area (Å²) < 4.78 is 0. The predicted molar refractivity (Wildman–Crippen MR) is 60.1 cm³/mol. The largest absolute Gasteiger partial charge is 0.478 e. The maximum absolute atomic E-state index is 11.5. The summed E-state index contributed by atoms with van der Waals surface area (Å²) in [5.41, 5.74) is 2.64. The Morgan fingerprint density at radius 2 is 2.25 bits per heavy atom. The van der Waals surface area contributed by atoms with Crippen molar-refractivity contribution in [2.45, 2.75) is 13.3 Å². The van der Waals surface area contributed by atoms with Gasteiger partial charge in [0.25, 0.3) is 5.91 Å². The first-order valence-corrected chi connectivity index (χ1v) is 5.01. The van der Waals surface area contributed by atoms with Gasteiger partial charge in [-0.15, -0.1) is 0 Å². The summed E-state index contributed by atoms with van der Waals surface area (Å²) in [6, 6.07) is 5.57. The van der Waals surface area contributed by atoms with Crippen LogP contribution in [0.3, 0.4) is 0 Å². The second kappa shape index (κ2) is 3.81. The van der Waals surface area contributed by atoms with Gasteiger partial charge in [-0.3, -0.25) is 4.79 Å².